The van der Waals surface area contributed by atoms with E-state index >= 15 is 0 Å². The molecule has 8 nitrogen and oxygen atoms in total. The van der Waals surface area contributed by atoms with Crippen molar-refractivity contribution in [2.24, 2.45) is 0 Å². The number of halogens is 1. The second kappa shape index (κ2) is 10.2. The lowest BCUT2D eigenvalue weighted by Gasteiger charge is -2.13. The van der Waals surface area contributed by atoms with E-state index in [9.17, 15) is 24.3 Å². The molecule has 0 unspecified atom stereocenters. The van der Waals surface area contributed by atoms with Crippen molar-refractivity contribution in [1.29, 1.82) is 0 Å². The molecule has 3 rings (SSSR count). The minimum Gasteiger partial charge on any atom is -0.508 e. The van der Waals surface area contributed by atoms with Crippen LogP contribution in [-0.2, 0) is 4.79 Å². The molecule has 2 aromatic carbocycles. The van der Waals surface area contributed by atoms with Crippen LogP contribution < -0.4 is 10.6 Å². The third-order valence-corrected chi connectivity index (χ3v) is 5.28. The maximum atomic E-state index is 12.4. The summed E-state index contributed by atoms with van der Waals surface area (Å²) in [6.45, 7) is 0.941. The molecule has 0 spiro atoms. The molecule has 31 heavy (non-hydrogen) atoms. The van der Waals surface area contributed by atoms with Crippen molar-refractivity contribution in [3.8, 4) is 5.75 Å². The maximum Gasteiger partial charge on any atom is 0.261 e. The van der Waals surface area contributed by atoms with Crippen LogP contribution >= 0.6 is 15.9 Å². The van der Waals surface area contributed by atoms with E-state index < -0.39 is 0 Å². The minimum absolute atomic E-state index is 0.0222. The highest BCUT2D eigenvalue weighted by molar-refractivity contribution is 9.10. The van der Waals surface area contributed by atoms with Crippen LogP contribution in [-0.4, -0.2) is 53.3 Å². The van der Waals surface area contributed by atoms with Gasteiger partial charge in [-0.3, -0.25) is 24.1 Å². The van der Waals surface area contributed by atoms with Gasteiger partial charge in [0.2, 0.25) is 5.91 Å². The fourth-order valence-electron chi connectivity index (χ4n) is 3.22. The van der Waals surface area contributed by atoms with Gasteiger partial charge in [0.05, 0.1) is 11.1 Å². The van der Waals surface area contributed by atoms with Gasteiger partial charge in [0, 0.05) is 36.1 Å². The zero-order valence-corrected chi connectivity index (χ0v) is 18.3. The molecule has 0 radical (unpaired) electrons. The molecule has 0 atom stereocenters. The summed E-state index contributed by atoms with van der Waals surface area (Å²) in [6.07, 6.45) is 1.10. The van der Waals surface area contributed by atoms with Crippen molar-refractivity contribution in [3.63, 3.8) is 0 Å². The number of hydrogen-bond acceptors (Lipinski definition) is 5. The van der Waals surface area contributed by atoms with Crippen LogP contribution in [0.3, 0.4) is 0 Å². The number of carbonyl (C=O) groups is 4. The fourth-order valence-corrected chi connectivity index (χ4v) is 3.58. The number of fused-ring (bicyclic) bond motifs is 1. The van der Waals surface area contributed by atoms with Gasteiger partial charge in [-0.1, -0.05) is 22.0 Å². The number of hydrogen-bond donors (Lipinski definition) is 3. The third-order valence-electron chi connectivity index (χ3n) is 4.79. The first-order valence-electron chi connectivity index (χ1n) is 9.86. The Hall–Kier alpha value is -3.20. The summed E-state index contributed by atoms with van der Waals surface area (Å²) in [5, 5.41) is 14.9. The van der Waals surface area contributed by atoms with E-state index in [1.54, 1.807) is 30.3 Å². The van der Waals surface area contributed by atoms with Crippen molar-refractivity contribution >= 4 is 39.6 Å². The van der Waals surface area contributed by atoms with E-state index in [0.29, 0.717) is 42.6 Å². The van der Waals surface area contributed by atoms with Crippen molar-refractivity contribution in [1.82, 2.24) is 15.5 Å². The highest BCUT2D eigenvalue weighted by Crippen LogP contribution is 2.26. The topological polar surface area (TPSA) is 116 Å². The quantitative estimate of drug-likeness (QED) is 0.371. The van der Waals surface area contributed by atoms with Gasteiger partial charge in [0.1, 0.15) is 5.75 Å². The Balaban J connectivity index is 1.32. The molecule has 0 saturated heterocycles. The molecule has 0 aromatic heterocycles. The Morgan fingerprint density at radius 3 is 2.45 bits per heavy atom. The van der Waals surface area contributed by atoms with Gasteiger partial charge in [0.15, 0.2) is 0 Å². The number of benzene rings is 2. The first kappa shape index (κ1) is 22.5. The predicted molar refractivity (Wildman–Crippen MR) is 117 cm³/mol. The highest BCUT2D eigenvalue weighted by Gasteiger charge is 2.35. The van der Waals surface area contributed by atoms with E-state index in [1.165, 1.54) is 17.0 Å². The molecule has 1 heterocycles. The number of nitrogens with one attached hydrogen (secondary N) is 2. The summed E-state index contributed by atoms with van der Waals surface area (Å²) >= 11 is 3.29. The summed E-state index contributed by atoms with van der Waals surface area (Å²) in [6, 6.07) is 11.0. The van der Waals surface area contributed by atoms with Gasteiger partial charge in [-0.25, -0.2) is 0 Å². The minimum atomic E-state index is -0.343. The third kappa shape index (κ3) is 5.69. The molecule has 0 fully saturated rings. The molecule has 1 aliphatic heterocycles. The molecule has 0 saturated carbocycles. The summed E-state index contributed by atoms with van der Waals surface area (Å²) in [4.78, 5) is 49.8. The summed E-state index contributed by atoms with van der Waals surface area (Å²) in [7, 11) is 0. The summed E-state index contributed by atoms with van der Waals surface area (Å²) in [5.74, 6) is -1.14. The number of nitrogens with zero attached hydrogens (tertiary/aromatic N) is 1. The van der Waals surface area contributed by atoms with Crippen molar-refractivity contribution in [2.75, 3.05) is 19.6 Å². The van der Waals surface area contributed by atoms with Gasteiger partial charge in [0.25, 0.3) is 17.7 Å². The van der Waals surface area contributed by atoms with Crippen LogP contribution in [0.4, 0.5) is 0 Å². The SMILES string of the molecule is O=C(CCCN1C(=O)c2ccc(Br)cc2C1=O)NCCCNC(=O)c1cccc(O)c1. The van der Waals surface area contributed by atoms with E-state index in [4.69, 9.17) is 0 Å². The number of phenolic OH excluding ortho intramolecular Hbond substituents is 1. The molecule has 0 aliphatic carbocycles. The first-order chi connectivity index (χ1) is 14.9. The van der Waals surface area contributed by atoms with E-state index in [0.717, 1.165) is 4.47 Å². The second-order valence-corrected chi connectivity index (χ2v) is 7.98. The standard InChI is InChI=1S/C22H22BrN3O5/c23-15-7-8-17-18(13-15)22(31)26(21(17)30)11-2-6-19(28)24-9-3-10-25-20(29)14-4-1-5-16(27)12-14/h1,4-5,7-8,12-13,27H,2-3,6,9-11H2,(H,24,28)(H,25,29). The average Bonchev–Trinajstić information content (AvgIpc) is 2.97. The lowest BCUT2D eigenvalue weighted by atomic mass is 10.1. The van der Waals surface area contributed by atoms with Gasteiger partial charge in [-0.05, 0) is 49.2 Å². The Morgan fingerprint density at radius 2 is 1.68 bits per heavy atom. The van der Waals surface area contributed by atoms with E-state index in [2.05, 4.69) is 26.6 Å². The maximum absolute atomic E-state index is 12.4. The van der Waals surface area contributed by atoms with Crippen molar-refractivity contribution in [2.45, 2.75) is 19.3 Å². The number of aromatic hydroxyl groups is 1. The van der Waals surface area contributed by atoms with E-state index in [-0.39, 0.29) is 42.3 Å². The van der Waals surface area contributed by atoms with Gasteiger partial charge >= 0.3 is 0 Å². The monoisotopic (exact) mass is 487 g/mol. The largest absolute Gasteiger partial charge is 0.508 e. The number of carbonyl (C=O) groups excluding carboxylic acids is 4. The Morgan fingerprint density at radius 1 is 0.935 bits per heavy atom. The highest BCUT2D eigenvalue weighted by atomic mass is 79.9. The Bertz CT molecular complexity index is 1020. The summed E-state index contributed by atoms with van der Waals surface area (Å²) in [5.41, 5.74) is 1.12. The van der Waals surface area contributed by atoms with Crippen LogP contribution in [0.1, 0.15) is 50.3 Å². The zero-order chi connectivity index (χ0) is 22.4. The zero-order valence-electron chi connectivity index (χ0n) is 16.7. The van der Waals surface area contributed by atoms with Crippen LogP contribution in [0, 0.1) is 0 Å². The Kier molecular flexibility index (Phi) is 7.41. The van der Waals surface area contributed by atoms with Crippen LogP contribution in [0.15, 0.2) is 46.9 Å². The van der Waals surface area contributed by atoms with Crippen molar-refractivity contribution < 1.29 is 24.3 Å². The molecule has 9 heteroatoms. The summed E-state index contributed by atoms with van der Waals surface area (Å²) < 4.78 is 0.728. The molecule has 3 N–H and O–H groups in total. The lowest BCUT2D eigenvalue weighted by molar-refractivity contribution is -0.121. The normalized spacial score (nSPS) is 12.6. The molecular weight excluding hydrogens is 466 g/mol. The van der Waals surface area contributed by atoms with Gasteiger partial charge in [-0.15, -0.1) is 0 Å². The lowest BCUT2D eigenvalue weighted by Crippen LogP contribution is -2.32. The molecular formula is C22H22BrN3O5. The Labute approximate surface area is 187 Å². The molecule has 2 aromatic rings. The van der Waals surface area contributed by atoms with Crippen LogP contribution in [0.2, 0.25) is 0 Å². The molecule has 1 aliphatic rings. The van der Waals surface area contributed by atoms with Crippen molar-refractivity contribution in [3.05, 3.63) is 63.6 Å². The molecule has 0 bridgehead atoms. The van der Waals surface area contributed by atoms with Gasteiger partial charge in [-0.2, -0.15) is 0 Å². The predicted octanol–water partition coefficient (Wildman–Crippen LogP) is 2.47. The smallest absolute Gasteiger partial charge is 0.261 e. The number of amides is 4. The fraction of sp³-hybridized carbons (Fsp3) is 0.273. The number of rotatable bonds is 9. The molecule has 162 valence electrons. The van der Waals surface area contributed by atoms with Crippen LogP contribution in [0.25, 0.3) is 0 Å². The van der Waals surface area contributed by atoms with E-state index in [1.807, 2.05) is 0 Å². The number of phenols is 1. The second-order valence-electron chi connectivity index (χ2n) is 7.07. The number of imide groups is 1. The first-order valence-corrected chi connectivity index (χ1v) is 10.7. The average molecular weight is 488 g/mol. The molecule has 4 amide bonds. The van der Waals surface area contributed by atoms with Gasteiger partial charge < -0.3 is 15.7 Å². The van der Waals surface area contributed by atoms with Crippen LogP contribution in [0.5, 0.6) is 5.75 Å².